The lowest BCUT2D eigenvalue weighted by molar-refractivity contribution is -0.0214. The van der Waals surface area contributed by atoms with Crippen LogP contribution >= 0.6 is 0 Å². The molecule has 5 rings (SSSR count). The Kier molecular flexibility index (Phi) is 4.37. The predicted octanol–water partition coefficient (Wildman–Crippen LogP) is 2.89. The third-order valence-corrected chi connectivity index (χ3v) is 7.60. The Morgan fingerprint density at radius 1 is 1.00 bits per heavy atom. The highest BCUT2D eigenvalue weighted by Gasteiger charge is 2.57. The average molecular weight is 336 g/mol. The molecule has 2 saturated heterocycles. The smallest absolute Gasteiger partial charge is 0.104 e. The first-order valence-corrected chi connectivity index (χ1v) is 10.2. The van der Waals surface area contributed by atoms with Crippen molar-refractivity contribution in [2.75, 3.05) is 33.0 Å². The summed E-state index contributed by atoms with van der Waals surface area (Å²) in [5, 5.41) is 0. The van der Waals surface area contributed by atoms with Gasteiger partial charge in [-0.2, -0.15) is 0 Å². The van der Waals surface area contributed by atoms with Crippen LogP contribution in [0.4, 0.5) is 0 Å². The molecule has 24 heavy (non-hydrogen) atoms. The van der Waals surface area contributed by atoms with Crippen LogP contribution in [-0.2, 0) is 18.9 Å². The summed E-state index contributed by atoms with van der Waals surface area (Å²) in [5.74, 6) is 5.55. The summed E-state index contributed by atoms with van der Waals surface area (Å²) >= 11 is 0. The quantitative estimate of drug-likeness (QED) is 0.480. The van der Waals surface area contributed by atoms with E-state index in [2.05, 4.69) is 6.92 Å². The van der Waals surface area contributed by atoms with Crippen LogP contribution in [-0.4, -0.2) is 51.3 Å². The van der Waals surface area contributed by atoms with E-state index in [1.54, 1.807) is 0 Å². The van der Waals surface area contributed by atoms with Gasteiger partial charge in [-0.05, 0) is 74.5 Å². The second-order valence-corrected chi connectivity index (χ2v) is 8.95. The van der Waals surface area contributed by atoms with Crippen LogP contribution in [0.1, 0.15) is 39.0 Å². The minimum atomic E-state index is 0.394. The summed E-state index contributed by atoms with van der Waals surface area (Å²) in [5.41, 5.74) is 0. The molecule has 2 heterocycles. The normalized spacial score (nSPS) is 49.4. The highest BCUT2D eigenvalue weighted by molar-refractivity contribution is 5.06. The molecule has 4 heteroatoms. The molecule has 0 spiro atoms. The molecule has 3 saturated carbocycles. The van der Waals surface area contributed by atoms with E-state index >= 15 is 0 Å². The zero-order chi connectivity index (χ0) is 16.1. The van der Waals surface area contributed by atoms with E-state index in [0.717, 1.165) is 68.5 Å². The van der Waals surface area contributed by atoms with Crippen LogP contribution in [0.2, 0.25) is 0 Å². The van der Waals surface area contributed by atoms with Crippen molar-refractivity contribution >= 4 is 0 Å². The molecule has 0 amide bonds. The third-order valence-electron chi connectivity index (χ3n) is 7.60. The molecule has 2 bridgehead atoms. The topological polar surface area (TPSA) is 43.5 Å². The summed E-state index contributed by atoms with van der Waals surface area (Å²) in [6, 6.07) is 0. The van der Waals surface area contributed by atoms with Crippen molar-refractivity contribution in [3.63, 3.8) is 0 Å². The third kappa shape index (κ3) is 3.15. The van der Waals surface area contributed by atoms with Crippen molar-refractivity contribution in [1.82, 2.24) is 0 Å². The van der Waals surface area contributed by atoms with E-state index in [4.69, 9.17) is 18.9 Å². The molecule has 5 aliphatic rings. The number of rotatable bonds is 9. The summed E-state index contributed by atoms with van der Waals surface area (Å²) in [4.78, 5) is 0. The van der Waals surface area contributed by atoms with Crippen molar-refractivity contribution in [2.45, 2.75) is 57.3 Å². The number of hydrogen-bond donors (Lipinski definition) is 0. The molecule has 4 nitrogen and oxygen atoms in total. The van der Waals surface area contributed by atoms with E-state index < -0.39 is 0 Å². The van der Waals surface area contributed by atoms with Gasteiger partial charge in [0.15, 0.2) is 0 Å². The summed E-state index contributed by atoms with van der Waals surface area (Å²) in [6.45, 7) is 6.67. The minimum Gasteiger partial charge on any atom is -0.379 e. The summed E-state index contributed by atoms with van der Waals surface area (Å²) in [6.07, 6.45) is 8.27. The predicted molar refractivity (Wildman–Crippen MR) is 89.7 cm³/mol. The van der Waals surface area contributed by atoms with Gasteiger partial charge in [-0.15, -0.1) is 0 Å². The van der Waals surface area contributed by atoms with Crippen molar-refractivity contribution in [1.29, 1.82) is 0 Å². The Morgan fingerprint density at radius 2 is 1.79 bits per heavy atom. The molecule has 5 fully saturated rings. The van der Waals surface area contributed by atoms with Gasteiger partial charge >= 0.3 is 0 Å². The Morgan fingerprint density at radius 3 is 2.58 bits per heavy atom. The standard InChI is InChI=1S/C20H32O4/c1-12(22-9-16-11-24-16)18-6-14-7-19(18)20-13(2-3-17(14)20)4-5-21-8-15-10-23-15/h12-20H,2-11H2,1H3. The van der Waals surface area contributed by atoms with Gasteiger partial charge in [-0.3, -0.25) is 0 Å². The molecule has 0 aromatic rings. The van der Waals surface area contributed by atoms with Gasteiger partial charge in [0.25, 0.3) is 0 Å². The molecule has 0 N–H and O–H groups in total. The molecular weight excluding hydrogens is 304 g/mol. The number of ether oxygens (including phenoxy) is 4. The van der Waals surface area contributed by atoms with Crippen LogP contribution in [0.25, 0.3) is 0 Å². The average Bonchev–Trinajstić information content (AvgIpc) is 3.47. The molecule has 3 aliphatic carbocycles. The fraction of sp³-hybridized carbons (Fsp3) is 1.00. The summed E-state index contributed by atoms with van der Waals surface area (Å²) in [7, 11) is 0. The fourth-order valence-corrected chi connectivity index (χ4v) is 6.33. The molecule has 9 atom stereocenters. The minimum absolute atomic E-state index is 0.394. The Bertz CT molecular complexity index is 447. The van der Waals surface area contributed by atoms with E-state index in [1.165, 1.54) is 32.1 Å². The Hall–Kier alpha value is -0.160. The highest BCUT2D eigenvalue weighted by Crippen LogP contribution is 2.64. The highest BCUT2D eigenvalue weighted by atomic mass is 16.6. The number of fused-ring (bicyclic) bond motifs is 5. The molecule has 0 radical (unpaired) electrons. The molecular formula is C20H32O4. The maximum atomic E-state index is 6.15. The second kappa shape index (κ2) is 6.53. The van der Waals surface area contributed by atoms with Crippen molar-refractivity contribution in [2.24, 2.45) is 35.5 Å². The summed E-state index contributed by atoms with van der Waals surface area (Å²) < 4.78 is 22.5. The lowest BCUT2D eigenvalue weighted by atomic mass is 9.70. The second-order valence-electron chi connectivity index (χ2n) is 8.95. The fourth-order valence-electron chi connectivity index (χ4n) is 6.33. The van der Waals surface area contributed by atoms with E-state index in [1.807, 2.05) is 0 Å². The van der Waals surface area contributed by atoms with Gasteiger partial charge in [-0.25, -0.2) is 0 Å². The van der Waals surface area contributed by atoms with Crippen molar-refractivity contribution in [3.05, 3.63) is 0 Å². The van der Waals surface area contributed by atoms with Gasteiger partial charge < -0.3 is 18.9 Å². The lowest BCUT2D eigenvalue weighted by Gasteiger charge is -2.37. The Balaban J connectivity index is 1.14. The van der Waals surface area contributed by atoms with E-state index in [0.29, 0.717) is 18.3 Å². The van der Waals surface area contributed by atoms with Crippen LogP contribution in [0, 0.1) is 35.5 Å². The van der Waals surface area contributed by atoms with E-state index in [9.17, 15) is 0 Å². The van der Waals surface area contributed by atoms with Gasteiger partial charge in [0.1, 0.15) is 12.2 Å². The molecule has 0 aromatic heterocycles. The monoisotopic (exact) mass is 336 g/mol. The molecule has 0 aromatic carbocycles. The number of hydrogen-bond acceptors (Lipinski definition) is 4. The van der Waals surface area contributed by atoms with Crippen molar-refractivity contribution < 1.29 is 18.9 Å². The van der Waals surface area contributed by atoms with Crippen LogP contribution < -0.4 is 0 Å². The lowest BCUT2D eigenvalue weighted by Crippen LogP contribution is -2.35. The molecule has 136 valence electrons. The maximum absolute atomic E-state index is 6.15. The zero-order valence-electron chi connectivity index (χ0n) is 14.9. The maximum Gasteiger partial charge on any atom is 0.104 e. The van der Waals surface area contributed by atoms with E-state index in [-0.39, 0.29) is 0 Å². The molecule has 2 aliphatic heterocycles. The first-order valence-electron chi connectivity index (χ1n) is 10.2. The SMILES string of the molecule is CC(OCC1CO1)C1CC2CC1C1C(CCOCC3CO3)CCC21. The molecule has 9 unspecified atom stereocenters. The number of epoxide rings is 2. The van der Waals surface area contributed by atoms with Crippen molar-refractivity contribution in [3.8, 4) is 0 Å². The van der Waals surface area contributed by atoms with Crippen LogP contribution in [0.5, 0.6) is 0 Å². The van der Waals surface area contributed by atoms with Gasteiger partial charge in [0, 0.05) is 6.61 Å². The van der Waals surface area contributed by atoms with Crippen LogP contribution in [0.15, 0.2) is 0 Å². The largest absolute Gasteiger partial charge is 0.379 e. The van der Waals surface area contributed by atoms with Gasteiger partial charge in [-0.1, -0.05) is 0 Å². The van der Waals surface area contributed by atoms with Crippen LogP contribution in [0.3, 0.4) is 0 Å². The zero-order valence-corrected chi connectivity index (χ0v) is 14.9. The first-order chi connectivity index (χ1) is 11.8. The van der Waals surface area contributed by atoms with Gasteiger partial charge in [0.05, 0.1) is 32.5 Å². The first kappa shape index (κ1) is 16.0. The van der Waals surface area contributed by atoms with Gasteiger partial charge in [0.2, 0.25) is 0 Å². The Labute approximate surface area is 145 Å².